The van der Waals surface area contributed by atoms with Crippen molar-refractivity contribution >= 4 is 23.9 Å². The molecule has 0 saturated carbocycles. The number of carbonyl (C=O) groups excluding carboxylic acids is 4. The van der Waals surface area contributed by atoms with Crippen LogP contribution in [0.25, 0.3) is 0 Å². The van der Waals surface area contributed by atoms with Gasteiger partial charge in [0.2, 0.25) is 0 Å². The van der Waals surface area contributed by atoms with Gasteiger partial charge in [0.25, 0.3) is 0 Å². The summed E-state index contributed by atoms with van der Waals surface area (Å²) in [5, 5.41) is 0. The zero-order valence-corrected chi connectivity index (χ0v) is 17.1. The van der Waals surface area contributed by atoms with Crippen LogP contribution in [0.2, 0.25) is 0 Å². The number of hydrogen-bond acceptors (Lipinski definition) is 8. The van der Waals surface area contributed by atoms with Crippen molar-refractivity contribution in [2.75, 3.05) is 13.2 Å². The molecule has 0 saturated heterocycles. The Morgan fingerprint density at radius 3 is 1.26 bits per heavy atom. The van der Waals surface area contributed by atoms with Gasteiger partial charge in [0.1, 0.15) is 0 Å². The summed E-state index contributed by atoms with van der Waals surface area (Å²) in [5.74, 6) is -2.06. The molecule has 27 heavy (non-hydrogen) atoms. The fourth-order valence-corrected chi connectivity index (χ4v) is 1.72. The average molecular weight is 388 g/mol. The van der Waals surface area contributed by atoms with Crippen LogP contribution in [0.15, 0.2) is 0 Å². The van der Waals surface area contributed by atoms with Crippen LogP contribution in [-0.2, 0) is 38.1 Å². The molecule has 0 aromatic carbocycles. The van der Waals surface area contributed by atoms with Crippen LogP contribution in [0.3, 0.4) is 0 Å². The van der Waals surface area contributed by atoms with Crippen LogP contribution in [-0.4, -0.2) is 49.3 Å². The molecular formula is C19H32O8. The number of rotatable bonds is 12. The summed E-state index contributed by atoms with van der Waals surface area (Å²) in [7, 11) is 0. The number of esters is 4. The van der Waals surface area contributed by atoms with Gasteiger partial charge in [0.15, 0.2) is 12.2 Å². The lowest BCUT2D eigenvalue weighted by atomic mass is 10.2. The predicted molar refractivity (Wildman–Crippen MR) is 96.6 cm³/mol. The molecule has 0 aliphatic rings. The van der Waals surface area contributed by atoms with E-state index in [9.17, 15) is 19.2 Å². The van der Waals surface area contributed by atoms with Crippen LogP contribution in [0.4, 0.5) is 0 Å². The van der Waals surface area contributed by atoms with Crippen molar-refractivity contribution < 1.29 is 38.1 Å². The third-order valence-electron chi connectivity index (χ3n) is 3.16. The first kappa shape index (κ1) is 24.9. The Kier molecular flexibility index (Phi) is 12.1. The third kappa shape index (κ3) is 12.8. The highest BCUT2D eigenvalue weighted by Crippen LogP contribution is 2.06. The van der Waals surface area contributed by atoms with Crippen molar-refractivity contribution in [2.24, 2.45) is 11.8 Å². The first-order valence-corrected chi connectivity index (χ1v) is 9.25. The second-order valence-corrected chi connectivity index (χ2v) is 7.17. The predicted octanol–water partition coefficient (Wildman–Crippen LogP) is 2.42. The standard InChI is InChI=1S/C19H32O8/c1-12(2)10-24-18(22)14(5)26-16(20)8-7-9-17(21)27-15(6)19(23)25-11-13(3)4/h12-15H,7-11H2,1-6H3. The van der Waals surface area contributed by atoms with Crippen molar-refractivity contribution in [2.45, 2.75) is 73.0 Å². The Morgan fingerprint density at radius 1 is 0.630 bits per heavy atom. The summed E-state index contributed by atoms with van der Waals surface area (Å²) in [6, 6.07) is 0. The molecule has 0 aliphatic heterocycles. The van der Waals surface area contributed by atoms with Gasteiger partial charge in [-0.25, -0.2) is 9.59 Å². The molecule has 0 aromatic rings. The summed E-state index contributed by atoms with van der Waals surface area (Å²) in [6.45, 7) is 11.0. The Morgan fingerprint density at radius 2 is 0.963 bits per heavy atom. The highest BCUT2D eigenvalue weighted by molar-refractivity contribution is 5.80. The van der Waals surface area contributed by atoms with E-state index in [0.717, 1.165) is 0 Å². The smallest absolute Gasteiger partial charge is 0.347 e. The van der Waals surface area contributed by atoms with E-state index in [0.29, 0.717) is 0 Å². The first-order valence-electron chi connectivity index (χ1n) is 9.25. The number of ether oxygens (including phenoxy) is 4. The van der Waals surface area contributed by atoms with Gasteiger partial charge in [-0.15, -0.1) is 0 Å². The topological polar surface area (TPSA) is 105 Å². The molecular weight excluding hydrogens is 356 g/mol. The fraction of sp³-hybridized carbons (Fsp3) is 0.789. The Labute approximate surface area is 160 Å². The van der Waals surface area contributed by atoms with E-state index in [2.05, 4.69) is 0 Å². The average Bonchev–Trinajstić information content (AvgIpc) is 2.56. The van der Waals surface area contributed by atoms with Crippen molar-refractivity contribution in [3.8, 4) is 0 Å². The maximum Gasteiger partial charge on any atom is 0.347 e. The molecule has 0 heterocycles. The molecule has 0 amide bonds. The van der Waals surface area contributed by atoms with E-state index in [-0.39, 0.29) is 44.3 Å². The molecule has 0 bridgehead atoms. The minimum atomic E-state index is -1.00. The Balaban J connectivity index is 4.03. The lowest BCUT2D eigenvalue weighted by molar-refractivity contribution is -0.168. The summed E-state index contributed by atoms with van der Waals surface area (Å²) in [5.41, 5.74) is 0. The normalized spacial score (nSPS) is 13.0. The van der Waals surface area contributed by atoms with E-state index in [1.165, 1.54) is 13.8 Å². The minimum Gasteiger partial charge on any atom is -0.463 e. The molecule has 0 spiro atoms. The maximum atomic E-state index is 11.7. The van der Waals surface area contributed by atoms with Crippen molar-refractivity contribution in [3.63, 3.8) is 0 Å². The molecule has 0 N–H and O–H groups in total. The molecule has 156 valence electrons. The quantitative estimate of drug-likeness (QED) is 0.371. The van der Waals surface area contributed by atoms with Gasteiger partial charge in [-0.2, -0.15) is 0 Å². The molecule has 0 radical (unpaired) electrons. The highest BCUT2D eigenvalue weighted by Gasteiger charge is 2.21. The van der Waals surface area contributed by atoms with E-state index >= 15 is 0 Å². The molecule has 0 fully saturated rings. The third-order valence-corrected chi connectivity index (χ3v) is 3.16. The van der Waals surface area contributed by atoms with Gasteiger partial charge in [-0.3, -0.25) is 9.59 Å². The van der Waals surface area contributed by atoms with Crippen LogP contribution in [0, 0.1) is 11.8 Å². The van der Waals surface area contributed by atoms with Crippen LogP contribution in [0.1, 0.15) is 60.8 Å². The van der Waals surface area contributed by atoms with Crippen molar-refractivity contribution in [1.29, 1.82) is 0 Å². The van der Waals surface area contributed by atoms with Crippen LogP contribution in [0.5, 0.6) is 0 Å². The molecule has 2 atom stereocenters. The second-order valence-electron chi connectivity index (χ2n) is 7.17. The zero-order chi connectivity index (χ0) is 21.0. The van der Waals surface area contributed by atoms with E-state index in [4.69, 9.17) is 18.9 Å². The molecule has 0 aliphatic carbocycles. The summed E-state index contributed by atoms with van der Waals surface area (Å²) in [4.78, 5) is 46.7. The van der Waals surface area contributed by atoms with Gasteiger partial charge in [0, 0.05) is 12.8 Å². The van der Waals surface area contributed by atoms with Gasteiger partial charge >= 0.3 is 23.9 Å². The summed E-state index contributed by atoms with van der Waals surface area (Å²) in [6.07, 6.45) is -1.93. The zero-order valence-electron chi connectivity index (χ0n) is 17.1. The second kappa shape index (κ2) is 13.1. The first-order chi connectivity index (χ1) is 12.5. The highest BCUT2D eigenvalue weighted by atomic mass is 16.6. The number of hydrogen-bond donors (Lipinski definition) is 0. The molecule has 2 unspecified atom stereocenters. The Hall–Kier alpha value is -2.12. The van der Waals surface area contributed by atoms with Gasteiger partial charge in [-0.1, -0.05) is 27.7 Å². The van der Waals surface area contributed by atoms with Gasteiger partial charge < -0.3 is 18.9 Å². The molecule has 0 rings (SSSR count). The molecule has 8 nitrogen and oxygen atoms in total. The van der Waals surface area contributed by atoms with Gasteiger partial charge in [-0.05, 0) is 32.1 Å². The SMILES string of the molecule is CC(C)COC(=O)C(C)OC(=O)CCCC(=O)OC(C)C(=O)OCC(C)C. The monoisotopic (exact) mass is 388 g/mol. The van der Waals surface area contributed by atoms with Crippen LogP contribution < -0.4 is 0 Å². The lowest BCUT2D eigenvalue weighted by Gasteiger charge is -2.14. The van der Waals surface area contributed by atoms with E-state index in [1.54, 1.807) is 0 Å². The van der Waals surface area contributed by atoms with Crippen molar-refractivity contribution in [1.82, 2.24) is 0 Å². The minimum absolute atomic E-state index is 0.0525. The van der Waals surface area contributed by atoms with E-state index in [1.807, 2.05) is 27.7 Å². The molecule has 0 aromatic heterocycles. The molecule has 8 heteroatoms. The fourth-order valence-electron chi connectivity index (χ4n) is 1.72. The number of carbonyl (C=O) groups is 4. The van der Waals surface area contributed by atoms with Gasteiger partial charge in [0.05, 0.1) is 13.2 Å². The van der Waals surface area contributed by atoms with E-state index < -0.39 is 36.1 Å². The van der Waals surface area contributed by atoms with Crippen molar-refractivity contribution in [3.05, 3.63) is 0 Å². The Bertz CT molecular complexity index is 454. The lowest BCUT2D eigenvalue weighted by Crippen LogP contribution is -2.28. The largest absolute Gasteiger partial charge is 0.463 e. The summed E-state index contributed by atoms with van der Waals surface area (Å²) >= 11 is 0. The maximum absolute atomic E-state index is 11.7. The van der Waals surface area contributed by atoms with Crippen LogP contribution >= 0.6 is 0 Å². The summed E-state index contributed by atoms with van der Waals surface area (Å²) < 4.78 is 19.9.